The number of ether oxygens (including phenoxy) is 2. The number of hydrogen-bond donors (Lipinski definition) is 1. The molecule has 0 radical (unpaired) electrons. The fourth-order valence-corrected chi connectivity index (χ4v) is 2.35. The molecule has 0 spiro atoms. The number of fused-ring (bicyclic) bond motifs is 1. The minimum Gasteiger partial charge on any atom is -0.488 e. The third-order valence-electron chi connectivity index (χ3n) is 3.28. The molecule has 0 aromatic heterocycles. The highest BCUT2D eigenvalue weighted by atomic mass is 16.5. The van der Waals surface area contributed by atoms with Crippen molar-refractivity contribution in [3.8, 4) is 0 Å². The molecule has 1 unspecified atom stereocenters. The molecule has 104 valence electrons. The standard InChI is InChI=1S/C16H23NO2/c1-11(2)9-13(17)10-19-15-7-6-12(3)14-5-4-8-18-16(14)15/h4-8,11-13H,9-10,17H2,1-3H3/t12?,13-/m0/s1. The SMILES string of the molecule is CC(C)C[C@H](N)COC1=C2OC=CC=C2C(C)C=C1. The molecule has 2 N–H and O–H groups in total. The van der Waals surface area contributed by atoms with Gasteiger partial charge >= 0.3 is 0 Å². The van der Waals surface area contributed by atoms with Crippen LogP contribution in [-0.4, -0.2) is 12.6 Å². The van der Waals surface area contributed by atoms with Crippen molar-refractivity contribution in [3.05, 3.63) is 47.7 Å². The zero-order valence-corrected chi connectivity index (χ0v) is 11.9. The molecule has 3 heteroatoms. The van der Waals surface area contributed by atoms with Crippen molar-refractivity contribution in [1.29, 1.82) is 0 Å². The van der Waals surface area contributed by atoms with E-state index < -0.39 is 0 Å². The first kappa shape index (κ1) is 13.9. The predicted octanol–water partition coefficient (Wildman–Crippen LogP) is 3.26. The number of nitrogens with two attached hydrogens (primary N) is 1. The van der Waals surface area contributed by atoms with Crippen LogP contribution < -0.4 is 5.73 Å². The lowest BCUT2D eigenvalue weighted by Crippen LogP contribution is -2.28. The van der Waals surface area contributed by atoms with Crippen molar-refractivity contribution in [3.63, 3.8) is 0 Å². The molecule has 1 heterocycles. The molecule has 3 nitrogen and oxygen atoms in total. The van der Waals surface area contributed by atoms with Crippen LogP contribution in [-0.2, 0) is 9.47 Å². The Morgan fingerprint density at radius 2 is 2.21 bits per heavy atom. The summed E-state index contributed by atoms with van der Waals surface area (Å²) in [6.07, 6.45) is 10.7. The Bertz CT molecular complexity index is 444. The molecule has 1 aliphatic carbocycles. The van der Waals surface area contributed by atoms with Crippen LogP contribution in [0.4, 0.5) is 0 Å². The van der Waals surface area contributed by atoms with E-state index in [4.69, 9.17) is 15.2 Å². The topological polar surface area (TPSA) is 44.5 Å². The highest BCUT2D eigenvalue weighted by Crippen LogP contribution is 2.32. The Balaban J connectivity index is 2.02. The number of rotatable bonds is 5. The minimum atomic E-state index is 0.0624. The maximum Gasteiger partial charge on any atom is 0.172 e. The van der Waals surface area contributed by atoms with Gasteiger partial charge in [0.05, 0.1) is 6.26 Å². The van der Waals surface area contributed by atoms with Crippen molar-refractivity contribution >= 4 is 0 Å². The van der Waals surface area contributed by atoms with Gasteiger partial charge in [-0.15, -0.1) is 0 Å². The second-order valence-electron chi connectivity index (χ2n) is 5.61. The maximum atomic E-state index is 6.05. The lowest BCUT2D eigenvalue weighted by Gasteiger charge is -2.25. The molecule has 1 aliphatic heterocycles. The van der Waals surface area contributed by atoms with Crippen molar-refractivity contribution < 1.29 is 9.47 Å². The average molecular weight is 261 g/mol. The van der Waals surface area contributed by atoms with Crippen LogP contribution >= 0.6 is 0 Å². The van der Waals surface area contributed by atoms with Gasteiger partial charge in [0.1, 0.15) is 6.61 Å². The molecular formula is C16H23NO2. The largest absolute Gasteiger partial charge is 0.488 e. The van der Waals surface area contributed by atoms with Gasteiger partial charge in [-0.3, -0.25) is 0 Å². The van der Waals surface area contributed by atoms with Gasteiger partial charge in [-0.2, -0.15) is 0 Å². The first-order valence-electron chi connectivity index (χ1n) is 6.92. The molecule has 0 aromatic carbocycles. The van der Waals surface area contributed by atoms with Crippen molar-refractivity contribution in [2.24, 2.45) is 17.6 Å². The predicted molar refractivity (Wildman–Crippen MR) is 77.0 cm³/mol. The van der Waals surface area contributed by atoms with Crippen LogP contribution in [0.15, 0.2) is 47.7 Å². The molecule has 19 heavy (non-hydrogen) atoms. The summed E-state index contributed by atoms with van der Waals surface area (Å²) in [5, 5.41) is 0. The van der Waals surface area contributed by atoms with E-state index in [-0.39, 0.29) is 6.04 Å². The van der Waals surface area contributed by atoms with E-state index in [0.29, 0.717) is 18.4 Å². The maximum absolute atomic E-state index is 6.05. The van der Waals surface area contributed by atoms with Gasteiger partial charge in [0, 0.05) is 17.5 Å². The summed E-state index contributed by atoms with van der Waals surface area (Å²) in [6, 6.07) is 0.0624. The number of allylic oxidation sites excluding steroid dienone is 5. The second kappa shape index (κ2) is 6.11. The molecule has 0 aromatic rings. The van der Waals surface area contributed by atoms with Gasteiger partial charge in [-0.25, -0.2) is 0 Å². The Morgan fingerprint density at radius 3 is 2.95 bits per heavy atom. The van der Waals surface area contributed by atoms with Crippen LogP contribution in [0.3, 0.4) is 0 Å². The summed E-state index contributed by atoms with van der Waals surface area (Å²) in [5.41, 5.74) is 7.21. The van der Waals surface area contributed by atoms with Crippen LogP contribution in [0.5, 0.6) is 0 Å². The highest BCUT2D eigenvalue weighted by Gasteiger charge is 2.23. The van der Waals surface area contributed by atoms with Gasteiger partial charge in [0.2, 0.25) is 0 Å². The molecule has 2 aliphatic rings. The molecule has 2 rings (SSSR count). The molecule has 2 atom stereocenters. The lowest BCUT2D eigenvalue weighted by atomic mass is 9.93. The Morgan fingerprint density at radius 1 is 1.42 bits per heavy atom. The summed E-state index contributed by atoms with van der Waals surface area (Å²) >= 11 is 0. The van der Waals surface area contributed by atoms with Gasteiger partial charge in [0.25, 0.3) is 0 Å². The van der Waals surface area contributed by atoms with E-state index in [9.17, 15) is 0 Å². The monoisotopic (exact) mass is 261 g/mol. The van der Waals surface area contributed by atoms with Gasteiger partial charge in [-0.05, 0) is 24.5 Å². The van der Waals surface area contributed by atoms with Gasteiger partial charge in [0.15, 0.2) is 11.5 Å². The summed E-state index contributed by atoms with van der Waals surface area (Å²) in [4.78, 5) is 0. The first-order valence-corrected chi connectivity index (χ1v) is 6.92. The third-order valence-corrected chi connectivity index (χ3v) is 3.28. The van der Waals surface area contributed by atoms with Crippen molar-refractivity contribution in [2.75, 3.05) is 6.61 Å². The normalized spacial score (nSPS) is 23.0. The first-order chi connectivity index (χ1) is 9.08. The molecular weight excluding hydrogens is 238 g/mol. The van der Waals surface area contributed by atoms with Crippen molar-refractivity contribution in [2.45, 2.75) is 33.2 Å². The Hall–Kier alpha value is -1.48. The quantitative estimate of drug-likeness (QED) is 0.826. The van der Waals surface area contributed by atoms with Crippen LogP contribution in [0.2, 0.25) is 0 Å². The van der Waals surface area contributed by atoms with E-state index in [1.807, 2.05) is 12.2 Å². The van der Waals surface area contributed by atoms with Gasteiger partial charge in [-0.1, -0.05) is 32.9 Å². The van der Waals surface area contributed by atoms with Crippen LogP contribution in [0.1, 0.15) is 27.2 Å². The second-order valence-corrected chi connectivity index (χ2v) is 5.61. The smallest absolute Gasteiger partial charge is 0.172 e. The van der Waals surface area contributed by atoms with Gasteiger partial charge < -0.3 is 15.2 Å². The van der Waals surface area contributed by atoms with E-state index in [1.165, 1.54) is 0 Å². The Labute approximate surface area is 115 Å². The van der Waals surface area contributed by atoms with E-state index in [0.717, 1.165) is 23.5 Å². The van der Waals surface area contributed by atoms with Crippen molar-refractivity contribution in [1.82, 2.24) is 0 Å². The average Bonchev–Trinajstić information content (AvgIpc) is 2.37. The molecule has 0 saturated heterocycles. The molecule has 0 fully saturated rings. The summed E-state index contributed by atoms with van der Waals surface area (Å²) < 4.78 is 11.4. The van der Waals surface area contributed by atoms with E-state index in [2.05, 4.69) is 32.9 Å². The fraction of sp³-hybridized carbons (Fsp3) is 0.500. The summed E-state index contributed by atoms with van der Waals surface area (Å²) in [6.45, 7) is 7.00. The third kappa shape index (κ3) is 3.51. The fourth-order valence-electron chi connectivity index (χ4n) is 2.35. The van der Waals surface area contributed by atoms with E-state index >= 15 is 0 Å². The molecule has 0 saturated carbocycles. The Kier molecular flexibility index (Phi) is 4.48. The molecule has 0 bridgehead atoms. The zero-order valence-electron chi connectivity index (χ0n) is 11.9. The molecule has 0 amide bonds. The van der Waals surface area contributed by atoms with E-state index in [1.54, 1.807) is 6.26 Å². The van der Waals surface area contributed by atoms with Crippen LogP contribution in [0.25, 0.3) is 0 Å². The number of hydrogen-bond acceptors (Lipinski definition) is 3. The minimum absolute atomic E-state index is 0.0624. The highest BCUT2D eigenvalue weighted by molar-refractivity contribution is 5.44. The summed E-state index contributed by atoms with van der Waals surface area (Å²) in [7, 11) is 0. The van der Waals surface area contributed by atoms with Crippen LogP contribution in [0, 0.1) is 11.8 Å². The summed E-state index contributed by atoms with van der Waals surface area (Å²) in [5.74, 6) is 2.56. The zero-order chi connectivity index (χ0) is 13.8. The lowest BCUT2D eigenvalue weighted by molar-refractivity contribution is 0.174.